The highest BCUT2D eigenvalue weighted by atomic mass is 16.5. The van der Waals surface area contributed by atoms with Crippen LogP contribution in [0.4, 0.5) is 0 Å². The zero-order chi connectivity index (χ0) is 8.48. The van der Waals surface area contributed by atoms with Gasteiger partial charge in [-0.2, -0.15) is 0 Å². The van der Waals surface area contributed by atoms with Gasteiger partial charge >= 0.3 is 0 Å². The lowest BCUT2D eigenvalue weighted by atomic mass is 9.88. The van der Waals surface area contributed by atoms with Crippen molar-refractivity contribution in [1.29, 1.82) is 0 Å². The minimum atomic E-state index is 0.103. The van der Waals surface area contributed by atoms with Crippen LogP contribution in [0, 0.1) is 0 Å². The summed E-state index contributed by atoms with van der Waals surface area (Å²) >= 11 is 0. The predicted octanol–water partition coefficient (Wildman–Crippen LogP) is 1.51. The van der Waals surface area contributed by atoms with E-state index in [1.54, 1.807) is 12.4 Å². The Bertz CT molecular complexity index is 250. The predicted molar refractivity (Wildman–Crippen MR) is 42.5 cm³/mol. The Morgan fingerprint density at radius 1 is 1.36 bits per heavy atom. The molecule has 1 heterocycles. The Labute approximate surface area is 67.1 Å². The number of rotatable bonds is 0. The number of nitrogens with zero attached hydrogens (tertiary/aromatic N) is 1. The average Bonchev–Trinajstić information content (AvgIpc) is 1.86. The van der Waals surface area contributed by atoms with Crippen LogP contribution in [-0.4, -0.2) is 5.21 Å². The second-order valence-electron chi connectivity index (χ2n) is 3.72. The van der Waals surface area contributed by atoms with Crippen LogP contribution in [0.2, 0.25) is 0 Å². The zero-order valence-electron chi connectivity index (χ0n) is 7.20. The molecule has 1 aromatic heterocycles. The molecule has 0 saturated carbocycles. The van der Waals surface area contributed by atoms with Crippen molar-refractivity contribution in [2.24, 2.45) is 0 Å². The van der Waals surface area contributed by atoms with E-state index in [0.717, 1.165) is 10.3 Å². The molecule has 11 heavy (non-hydrogen) atoms. The van der Waals surface area contributed by atoms with Crippen molar-refractivity contribution in [3.05, 3.63) is 30.1 Å². The van der Waals surface area contributed by atoms with Gasteiger partial charge in [0.05, 0.1) is 0 Å². The van der Waals surface area contributed by atoms with Crippen molar-refractivity contribution in [2.75, 3.05) is 0 Å². The Hall–Kier alpha value is -1.05. The minimum absolute atomic E-state index is 0.103. The van der Waals surface area contributed by atoms with Crippen LogP contribution in [0.15, 0.2) is 24.5 Å². The summed E-state index contributed by atoms with van der Waals surface area (Å²) in [7, 11) is 0. The van der Waals surface area contributed by atoms with Crippen molar-refractivity contribution in [2.45, 2.75) is 26.2 Å². The van der Waals surface area contributed by atoms with Crippen LogP contribution in [0.3, 0.4) is 0 Å². The van der Waals surface area contributed by atoms with Gasteiger partial charge in [0.25, 0.3) is 0 Å². The Morgan fingerprint density at radius 3 is 2.36 bits per heavy atom. The average molecular weight is 152 g/mol. The van der Waals surface area contributed by atoms with Crippen molar-refractivity contribution >= 4 is 0 Å². The van der Waals surface area contributed by atoms with Gasteiger partial charge in [-0.1, -0.05) is 20.8 Å². The summed E-state index contributed by atoms with van der Waals surface area (Å²) in [5.74, 6) is 0. The molecule has 0 atom stereocenters. The van der Waals surface area contributed by atoms with Gasteiger partial charge in [-0.05, 0) is 11.5 Å². The van der Waals surface area contributed by atoms with Crippen LogP contribution in [0.5, 0.6) is 0 Å². The molecule has 2 heteroatoms. The molecule has 60 valence electrons. The van der Waals surface area contributed by atoms with Gasteiger partial charge in [-0.15, -0.1) is 0 Å². The molecule has 0 unspecified atom stereocenters. The first kappa shape index (κ1) is 8.05. The molecule has 1 rings (SSSR count). The highest BCUT2D eigenvalue weighted by Crippen LogP contribution is 2.19. The molecular weight excluding hydrogens is 138 g/mol. The Kier molecular flexibility index (Phi) is 1.85. The molecule has 0 aliphatic carbocycles. The van der Waals surface area contributed by atoms with E-state index in [1.165, 1.54) is 0 Å². The van der Waals surface area contributed by atoms with Gasteiger partial charge in [-0.3, -0.25) is 5.21 Å². The van der Waals surface area contributed by atoms with Crippen molar-refractivity contribution in [3.63, 3.8) is 0 Å². The summed E-state index contributed by atoms with van der Waals surface area (Å²) in [6, 6.07) is 3.84. The van der Waals surface area contributed by atoms with Gasteiger partial charge in [-0.25, -0.2) is 0 Å². The van der Waals surface area contributed by atoms with E-state index in [4.69, 9.17) is 5.21 Å². The monoisotopic (exact) mass is 152 g/mol. The molecule has 0 amide bonds. The second kappa shape index (κ2) is 2.53. The Morgan fingerprint density at radius 2 is 2.00 bits per heavy atom. The topological polar surface area (TPSA) is 24.1 Å². The molecule has 0 aliphatic heterocycles. The molecule has 0 radical (unpaired) electrons. The molecule has 1 N–H and O–H groups in total. The molecule has 0 spiro atoms. The molecule has 2 nitrogen and oxygen atoms in total. The summed E-state index contributed by atoms with van der Waals surface area (Å²) in [5.41, 5.74) is 1.23. The van der Waals surface area contributed by atoms with E-state index in [2.05, 4.69) is 20.8 Å². The molecule has 0 saturated heterocycles. The van der Waals surface area contributed by atoms with Gasteiger partial charge in [0.15, 0.2) is 0 Å². The highest BCUT2D eigenvalue weighted by Gasteiger charge is 2.16. The van der Waals surface area contributed by atoms with Crippen LogP contribution in [0.25, 0.3) is 0 Å². The van der Waals surface area contributed by atoms with E-state index in [9.17, 15) is 0 Å². The maximum Gasteiger partial charge on any atom is 0.225 e. The smallest absolute Gasteiger partial charge is 0.225 e. The summed E-state index contributed by atoms with van der Waals surface area (Å²) < 4.78 is 1.08. The van der Waals surface area contributed by atoms with Gasteiger partial charge in [0, 0.05) is 16.4 Å². The van der Waals surface area contributed by atoms with Crippen molar-refractivity contribution in [1.82, 2.24) is 0 Å². The second-order valence-corrected chi connectivity index (χ2v) is 3.72. The van der Waals surface area contributed by atoms with Crippen LogP contribution < -0.4 is 4.73 Å². The zero-order valence-corrected chi connectivity index (χ0v) is 7.20. The molecule has 0 fully saturated rings. The summed E-state index contributed by atoms with van der Waals surface area (Å²) in [5, 5.41) is 9.09. The third-order valence-corrected chi connectivity index (χ3v) is 1.65. The van der Waals surface area contributed by atoms with Crippen LogP contribution in [0.1, 0.15) is 26.3 Å². The Balaban J connectivity index is 3.06. The largest absolute Gasteiger partial charge is 0.285 e. The van der Waals surface area contributed by atoms with Crippen molar-refractivity contribution < 1.29 is 9.94 Å². The third kappa shape index (κ3) is 1.93. The fraction of sp³-hybridized carbons (Fsp3) is 0.444. The van der Waals surface area contributed by atoms with E-state index < -0.39 is 0 Å². The summed E-state index contributed by atoms with van der Waals surface area (Å²) in [6.07, 6.45) is 3.33. The van der Waals surface area contributed by atoms with Crippen LogP contribution >= 0.6 is 0 Å². The first-order valence-corrected chi connectivity index (χ1v) is 3.71. The van der Waals surface area contributed by atoms with Gasteiger partial charge < -0.3 is 0 Å². The maximum absolute atomic E-state index is 9.09. The van der Waals surface area contributed by atoms with Crippen molar-refractivity contribution in [3.8, 4) is 0 Å². The third-order valence-electron chi connectivity index (χ3n) is 1.65. The fourth-order valence-electron chi connectivity index (χ4n) is 0.907. The molecule has 0 bridgehead atoms. The van der Waals surface area contributed by atoms with E-state index in [-0.39, 0.29) is 5.41 Å². The quantitative estimate of drug-likeness (QED) is 0.442. The number of hydrogen-bond acceptors (Lipinski definition) is 1. The first-order valence-electron chi connectivity index (χ1n) is 3.71. The first-order chi connectivity index (χ1) is 5.00. The lowest BCUT2D eigenvalue weighted by Crippen LogP contribution is -2.31. The fourth-order valence-corrected chi connectivity index (χ4v) is 0.907. The maximum atomic E-state index is 9.09. The lowest BCUT2D eigenvalue weighted by Gasteiger charge is -2.15. The highest BCUT2D eigenvalue weighted by molar-refractivity contribution is 5.15. The van der Waals surface area contributed by atoms with E-state index >= 15 is 0 Å². The molecular formula is C9H14NO+. The molecule has 0 aliphatic rings. The van der Waals surface area contributed by atoms with Gasteiger partial charge in [0.2, 0.25) is 12.4 Å². The molecule has 0 aromatic carbocycles. The standard InChI is InChI=1S/C9H14NO/c1-9(2,3)8-5-4-6-10(11)7-8/h4-7,11H,1-3H3/q+1. The van der Waals surface area contributed by atoms with E-state index in [0.29, 0.717) is 0 Å². The van der Waals surface area contributed by atoms with Crippen LogP contribution in [-0.2, 0) is 5.41 Å². The minimum Gasteiger partial charge on any atom is -0.285 e. The normalized spacial score (nSPS) is 11.5. The van der Waals surface area contributed by atoms with E-state index in [1.807, 2.05) is 12.1 Å². The number of hydrogen-bond donors (Lipinski definition) is 1. The lowest BCUT2D eigenvalue weighted by molar-refractivity contribution is -0.905. The summed E-state index contributed by atoms with van der Waals surface area (Å²) in [4.78, 5) is 0. The molecule has 1 aromatic rings. The SMILES string of the molecule is CC(C)(C)c1ccc[n+](O)c1. The number of aromatic nitrogens is 1. The summed E-state index contributed by atoms with van der Waals surface area (Å²) in [6.45, 7) is 6.34. The van der Waals surface area contributed by atoms with Gasteiger partial charge in [0.1, 0.15) is 0 Å². The number of pyridine rings is 1.